The van der Waals surface area contributed by atoms with Crippen LogP contribution in [0.3, 0.4) is 0 Å². The van der Waals surface area contributed by atoms with E-state index in [0.717, 1.165) is 0 Å². The fourth-order valence-corrected chi connectivity index (χ4v) is 1.86. The van der Waals surface area contributed by atoms with Crippen LogP contribution in [0.15, 0.2) is 35.5 Å². The van der Waals surface area contributed by atoms with E-state index in [-0.39, 0.29) is 0 Å². The average molecular weight is 172 g/mol. The van der Waals surface area contributed by atoms with Gasteiger partial charge in [0.15, 0.2) is 0 Å². The highest BCUT2D eigenvalue weighted by Gasteiger charge is 2.14. The summed E-state index contributed by atoms with van der Waals surface area (Å²) in [5.41, 5.74) is 2.86. The lowest BCUT2D eigenvalue weighted by Crippen LogP contribution is -2.07. The molecular formula is C13H16. The molecule has 0 aromatic carbocycles. The molecule has 0 spiro atoms. The van der Waals surface area contributed by atoms with Gasteiger partial charge in [0.2, 0.25) is 0 Å². The van der Waals surface area contributed by atoms with Gasteiger partial charge in [0.1, 0.15) is 0 Å². The molecule has 0 fully saturated rings. The molecule has 0 heteroatoms. The molecule has 0 saturated heterocycles. The van der Waals surface area contributed by atoms with E-state index in [1.165, 1.54) is 30.4 Å². The topological polar surface area (TPSA) is 0 Å². The molecule has 1 atom stereocenters. The Morgan fingerprint density at radius 3 is 2.85 bits per heavy atom. The summed E-state index contributed by atoms with van der Waals surface area (Å²) in [6.45, 7) is 2.14. The van der Waals surface area contributed by atoms with Gasteiger partial charge in [0, 0.05) is 5.92 Å². The zero-order valence-electron chi connectivity index (χ0n) is 8.16. The summed E-state index contributed by atoms with van der Waals surface area (Å²) in [5, 5.41) is 0. The summed E-state index contributed by atoms with van der Waals surface area (Å²) >= 11 is 0. The van der Waals surface area contributed by atoms with Crippen LogP contribution >= 0.6 is 0 Å². The van der Waals surface area contributed by atoms with Crippen molar-refractivity contribution in [3.63, 3.8) is 0 Å². The molecule has 13 heavy (non-hydrogen) atoms. The van der Waals surface area contributed by atoms with Gasteiger partial charge in [0.05, 0.1) is 0 Å². The first-order valence-corrected chi connectivity index (χ1v) is 5.09. The molecule has 0 aliphatic heterocycles. The van der Waals surface area contributed by atoms with Gasteiger partial charge in [-0.25, -0.2) is 0 Å². The molecule has 2 rings (SSSR count). The maximum absolute atomic E-state index is 2.38. The second kappa shape index (κ2) is 3.95. The van der Waals surface area contributed by atoms with Crippen LogP contribution in [0.4, 0.5) is 0 Å². The predicted molar refractivity (Wildman–Crippen MR) is 56.9 cm³/mol. The highest BCUT2D eigenvalue weighted by molar-refractivity contribution is 5.36. The monoisotopic (exact) mass is 172 g/mol. The van der Waals surface area contributed by atoms with Crippen molar-refractivity contribution in [1.82, 2.24) is 0 Å². The molecule has 1 unspecified atom stereocenters. The maximum Gasteiger partial charge on any atom is 0.00520 e. The van der Waals surface area contributed by atoms with E-state index < -0.39 is 0 Å². The van der Waals surface area contributed by atoms with Crippen LogP contribution in [0.5, 0.6) is 0 Å². The van der Waals surface area contributed by atoms with Crippen LogP contribution in [-0.4, -0.2) is 0 Å². The van der Waals surface area contributed by atoms with Gasteiger partial charge in [-0.2, -0.15) is 0 Å². The molecule has 2 aliphatic rings. The molecule has 0 N–H and O–H groups in total. The van der Waals surface area contributed by atoms with Crippen molar-refractivity contribution >= 4 is 0 Å². The number of allylic oxidation sites excluding steroid dienone is 6. The number of hydrogen-bond donors (Lipinski definition) is 0. The largest absolute Gasteiger partial charge is 0.0844 e. The van der Waals surface area contributed by atoms with Crippen LogP contribution in [0.1, 0.15) is 26.2 Å². The highest BCUT2D eigenvalue weighted by atomic mass is 14.2. The van der Waals surface area contributed by atoms with E-state index in [1.807, 2.05) is 0 Å². The third kappa shape index (κ3) is 2.12. The third-order valence-electron chi connectivity index (χ3n) is 2.69. The fourth-order valence-electron chi connectivity index (χ4n) is 1.86. The lowest BCUT2D eigenvalue weighted by molar-refractivity contribution is 0.749. The van der Waals surface area contributed by atoms with E-state index >= 15 is 0 Å². The van der Waals surface area contributed by atoms with E-state index in [2.05, 4.69) is 44.1 Å². The summed E-state index contributed by atoms with van der Waals surface area (Å²) in [4.78, 5) is 0. The molecular weight excluding hydrogens is 156 g/mol. The SMILES string of the molecule is CC1=C[CH]C(C2=CCCC[CH]2)C=C1. The van der Waals surface area contributed by atoms with Crippen molar-refractivity contribution in [1.29, 1.82) is 0 Å². The molecule has 0 nitrogen and oxygen atoms in total. The Balaban J connectivity index is 2.03. The Morgan fingerprint density at radius 1 is 1.31 bits per heavy atom. The van der Waals surface area contributed by atoms with Gasteiger partial charge in [0.25, 0.3) is 0 Å². The molecule has 2 aliphatic carbocycles. The minimum Gasteiger partial charge on any atom is -0.0844 e. The van der Waals surface area contributed by atoms with Gasteiger partial charge in [-0.1, -0.05) is 35.5 Å². The smallest absolute Gasteiger partial charge is 0.00520 e. The van der Waals surface area contributed by atoms with Crippen LogP contribution in [-0.2, 0) is 0 Å². The normalized spacial score (nSPS) is 28.2. The van der Waals surface area contributed by atoms with E-state index in [4.69, 9.17) is 0 Å². The first-order valence-electron chi connectivity index (χ1n) is 5.09. The Labute approximate surface area is 81.0 Å². The Bertz CT molecular complexity index is 266. The van der Waals surface area contributed by atoms with Crippen LogP contribution in [0.25, 0.3) is 0 Å². The summed E-state index contributed by atoms with van der Waals surface area (Å²) in [6.07, 6.45) is 17.6. The zero-order chi connectivity index (χ0) is 9.10. The standard InChI is InChI=1S/C13H16/c1-11-7-9-13(10-8-11)12-5-3-2-4-6-12/h5-10,13H,2-4H2,1H3. The van der Waals surface area contributed by atoms with Gasteiger partial charge in [-0.05, 0) is 39.0 Å². The van der Waals surface area contributed by atoms with Crippen molar-refractivity contribution in [3.8, 4) is 0 Å². The van der Waals surface area contributed by atoms with Gasteiger partial charge >= 0.3 is 0 Å². The molecule has 0 heterocycles. The second-order valence-electron chi connectivity index (χ2n) is 3.83. The van der Waals surface area contributed by atoms with Crippen molar-refractivity contribution < 1.29 is 0 Å². The number of hydrogen-bond acceptors (Lipinski definition) is 0. The summed E-state index contributed by atoms with van der Waals surface area (Å²) in [6, 6.07) is 0. The third-order valence-corrected chi connectivity index (χ3v) is 2.69. The lowest BCUT2D eigenvalue weighted by atomic mass is 9.84. The second-order valence-corrected chi connectivity index (χ2v) is 3.83. The molecule has 0 saturated carbocycles. The summed E-state index contributed by atoms with van der Waals surface area (Å²) < 4.78 is 0. The quantitative estimate of drug-likeness (QED) is 0.566. The Hall–Kier alpha value is -0.780. The van der Waals surface area contributed by atoms with E-state index in [9.17, 15) is 0 Å². The molecule has 0 bridgehead atoms. The molecule has 0 aromatic rings. The van der Waals surface area contributed by atoms with Crippen LogP contribution < -0.4 is 0 Å². The Kier molecular flexibility index (Phi) is 2.68. The molecule has 2 radical (unpaired) electrons. The highest BCUT2D eigenvalue weighted by Crippen LogP contribution is 2.28. The fraction of sp³-hybridized carbons (Fsp3) is 0.385. The summed E-state index contributed by atoms with van der Waals surface area (Å²) in [5.74, 6) is 0.545. The minimum atomic E-state index is 0.545. The van der Waals surface area contributed by atoms with Crippen molar-refractivity contribution in [2.75, 3.05) is 0 Å². The summed E-state index contributed by atoms with van der Waals surface area (Å²) in [7, 11) is 0. The van der Waals surface area contributed by atoms with Crippen LogP contribution in [0.2, 0.25) is 0 Å². The van der Waals surface area contributed by atoms with Gasteiger partial charge in [-0.3, -0.25) is 0 Å². The van der Waals surface area contributed by atoms with E-state index in [1.54, 1.807) is 0 Å². The maximum atomic E-state index is 2.38. The minimum absolute atomic E-state index is 0.545. The Morgan fingerprint density at radius 2 is 2.23 bits per heavy atom. The van der Waals surface area contributed by atoms with Crippen molar-refractivity contribution in [3.05, 3.63) is 48.3 Å². The van der Waals surface area contributed by atoms with Gasteiger partial charge in [-0.15, -0.1) is 0 Å². The predicted octanol–water partition coefficient (Wildman–Crippen LogP) is 3.64. The molecule has 68 valence electrons. The first kappa shape index (κ1) is 8.80. The van der Waals surface area contributed by atoms with Crippen LogP contribution in [0, 0.1) is 18.8 Å². The molecule has 0 amide bonds. The number of rotatable bonds is 1. The van der Waals surface area contributed by atoms with Gasteiger partial charge < -0.3 is 0 Å². The van der Waals surface area contributed by atoms with Crippen molar-refractivity contribution in [2.24, 2.45) is 5.92 Å². The van der Waals surface area contributed by atoms with E-state index in [0.29, 0.717) is 5.92 Å². The zero-order valence-corrected chi connectivity index (χ0v) is 8.16. The molecule has 0 aromatic heterocycles. The lowest BCUT2D eigenvalue weighted by Gasteiger charge is -2.21. The first-order chi connectivity index (χ1) is 6.36. The van der Waals surface area contributed by atoms with Crippen molar-refractivity contribution in [2.45, 2.75) is 26.2 Å². The average Bonchev–Trinajstić information content (AvgIpc) is 2.20.